The number of unbranched alkanes of at least 4 members (excludes halogenated alkanes) is 2. The third kappa shape index (κ3) is 2.66. The average Bonchev–Trinajstić information content (AvgIpc) is 2.95. The maximum atomic E-state index is 12.9. The average molecular weight is 316 g/mol. The van der Waals surface area contributed by atoms with E-state index in [4.69, 9.17) is 0 Å². The van der Waals surface area contributed by atoms with E-state index in [0.29, 0.717) is 24.3 Å². The molecule has 0 aliphatic carbocycles. The number of rotatable bonds is 6. The van der Waals surface area contributed by atoms with Crippen molar-refractivity contribution in [1.82, 2.24) is 18.7 Å². The van der Waals surface area contributed by atoms with E-state index in [-0.39, 0.29) is 11.2 Å². The fourth-order valence-electron chi connectivity index (χ4n) is 3.08. The standard InChI is InChI=1S/C17H24N4O2/c1-3-5-10-20-15-14(18-13-9-7-8-12-19(13)15)16(22)21(17(20)23)11-6-4-2/h8,12H,3-7,9-11H2,1-2H3. The molecule has 0 N–H and O–H groups in total. The molecular weight excluding hydrogens is 292 g/mol. The van der Waals surface area contributed by atoms with E-state index >= 15 is 0 Å². The highest BCUT2D eigenvalue weighted by Gasteiger charge is 2.21. The smallest absolute Gasteiger partial charge is 0.289 e. The topological polar surface area (TPSA) is 61.8 Å². The third-order valence-electron chi connectivity index (χ3n) is 4.38. The van der Waals surface area contributed by atoms with Crippen molar-refractivity contribution in [3.8, 4) is 0 Å². The van der Waals surface area contributed by atoms with Crippen molar-refractivity contribution in [2.24, 2.45) is 0 Å². The molecule has 0 unspecified atom stereocenters. The molecule has 3 rings (SSSR count). The lowest BCUT2D eigenvalue weighted by molar-refractivity contribution is 0.529. The summed E-state index contributed by atoms with van der Waals surface area (Å²) >= 11 is 0. The van der Waals surface area contributed by atoms with Crippen molar-refractivity contribution in [1.29, 1.82) is 0 Å². The fraction of sp³-hybridized carbons (Fsp3) is 0.588. The highest BCUT2D eigenvalue weighted by atomic mass is 16.2. The second-order valence-electron chi connectivity index (χ2n) is 6.09. The number of hydrogen-bond donors (Lipinski definition) is 0. The fourth-order valence-corrected chi connectivity index (χ4v) is 3.08. The Morgan fingerprint density at radius 2 is 1.78 bits per heavy atom. The van der Waals surface area contributed by atoms with Crippen LogP contribution in [-0.2, 0) is 19.5 Å². The molecule has 0 bridgehead atoms. The molecule has 0 aromatic carbocycles. The quantitative estimate of drug-likeness (QED) is 0.822. The summed E-state index contributed by atoms with van der Waals surface area (Å²) in [6, 6.07) is 0. The lowest BCUT2D eigenvalue weighted by atomic mass is 10.2. The first-order valence-corrected chi connectivity index (χ1v) is 8.60. The Bertz CT molecular complexity index is 854. The first-order valence-electron chi connectivity index (χ1n) is 8.60. The van der Waals surface area contributed by atoms with Gasteiger partial charge in [0.2, 0.25) is 0 Å². The molecule has 0 atom stereocenters. The molecule has 0 radical (unpaired) electrons. The molecule has 6 heteroatoms. The van der Waals surface area contributed by atoms with Crippen LogP contribution in [0.2, 0.25) is 0 Å². The summed E-state index contributed by atoms with van der Waals surface area (Å²) in [6.07, 6.45) is 9.40. The molecule has 0 fully saturated rings. The number of aryl methyl sites for hydroxylation is 2. The number of hydrogen-bond acceptors (Lipinski definition) is 3. The maximum absolute atomic E-state index is 12.9. The molecule has 2 aromatic rings. The van der Waals surface area contributed by atoms with Crippen LogP contribution >= 0.6 is 0 Å². The van der Waals surface area contributed by atoms with Gasteiger partial charge in [-0.2, -0.15) is 0 Å². The minimum atomic E-state index is -0.249. The molecule has 0 spiro atoms. The largest absolute Gasteiger partial charge is 0.332 e. The van der Waals surface area contributed by atoms with Gasteiger partial charge in [0.1, 0.15) is 5.82 Å². The predicted molar refractivity (Wildman–Crippen MR) is 91.7 cm³/mol. The minimum absolute atomic E-state index is 0.203. The van der Waals surface area contributed by atoms with E-state index in [1.165, 1.54) is 4.57 Å². The zero-order valence-corrected chi connectivity index (χ0v) is 13.9. The number of imidazole rings is 1. The van der Waals surface area contributed by atoms with E-state index in [2.05, 4.69) is 24.9 Å². The normalized spacial score (nSPS) is 13.7. The van der Waals surface area contributed by atoms with Crippen molar-refractivity contribution in [3.05, 3.63) is 32.7 Å². The lowest BCUT2D eigenvalue weighted by Gasteiger charge is -2.14. The van der Waals surface area contributed by atoms with E-state index in [1.807, 2.05) is 10.8 Å². The van der Waals surface area contributed by atoms with Crippen LogP contribution in [0.4, 0.5) is 0 Å². The molecule has 0 amide bonds. The summed E-state index contributed by atoms with van der Waals surface area (Å²) in [6.45, 7) is 5.24. The second kappa shape index (κ2) is 6.56. The Morgan fingerprint density at radius 1 is 1.09 bits per heavy atom. The van der Waals surface area contributed by atoms with Crippen molar-refractivity contribution in [2.75, 3.05) is 0 Å². The van der Waals surface area contributed by atoms with Crippen LogP contribution in [-0.4, -0.2) is 18.7 Å². The van der Waals surface area contributed by atoms with Gasteiger partial charge in [-0.05, 0) is 19.3 Å². The number of allylic oxidation sites excluding steroid dienone is 1. The van der Waals surface area contributed by atoms with Crippen molar-refractivity contribution in [3.63, 3.8) is 0 Å². The molecule has 1 aliphatic heterocycles. The molecule has 2 aromatic heterocycles. The van der Waals surface area contributed by atoms with Crippen LogP contribution in [0.3, 0.4) is 0 Å². The van der Waals surface area contributed by atoms with Gasteiger partial charge < -0.3 is 0 Å². The first-order chi connectivity index (χ1) is 11.2. The Hall–Kier alpha value is -2.11. The van der Waals surface area contributed by atoms with E-state index in [9.17, 15) is 9.59 Å². The van der Waals surface area contributed by atoms with Gasteiger partial charge in [0.15, 0.2) is 11.2 Å². The van der Waals surface area contributed by atoms with Crippen LogP contribution in [0.15, 0.2) is 15.7 Å². The highest BCUT2D eigenvalue weighted by Crippen LogP contribution is 2.18. The van der Waals surface area contributed by atoms with Gasteiger partial charge in [0, 0.05) is 25.7 Å². The van der Waals surface area contributed by atoms with Gasteiger partial charge in [-0.1, -0.05) is 32.8 Å². The van der Waals surface area contributed by atoms with Gasteiger partial charge in [0.25, 0.3) is 5.56 Å². The lowest BCUT2D eigenvalue weighted by Crippen LogP contribution is -2.40. The Balaban J connectivity index is 2.30. The van der Waals surface area contributed by atoms with Gasteiger partial charge in [0.05, 0.1) is 0 Å². The molecule has 0 saturated heterocycles. The van der Waals surface area contributed by atoms with Crippen LogP contribution in [0.5, 0.6) is 0 Å². The van der Waals surface area contributed by atoms with Gasteiger partial charge >= 0.3 is 5.69 Å². The summed E-state index contributed by atoms with van der Waals surface area (Å²) in [5.74, 6) is 0.873. The zero-order chi connectivity index (χ0) is 16.4. The molecule has 1 aliphatic rings. The first kappa shape index (κ1) is 15.8. The predicted octanol–water partition coefficient (Wildman–Crippen LogP) is 2.38. The van der Waals surface area contributed by atoms with Crippen LogP contribution < -0.4 is 11.2 Å². The molecule has 3 heterocycles. The molecular formula is C17H24N4O2. The van der Waals surface area contributed by atoms with Crippen LogP contribution in [0, 0.1) is 0 Å². The van der Waals surface area contributed by atoms with Crippen molar-refractivity contribution >= 4 is 17.4 Å². The van der Waals surface area contributed by atoms with Crippen molar-refractivity contribution in [2.45, 2.75) is 65.5 Å². The Kier molecular flexibility index (Phi) is 4.50. The van der Waals surface area contributed by atoms with Gasteiger partial charge in [-0.3, -0.25) is 18.5 Å². The van der Waals surface area contributed by atoms with E-state index < -0.39 is 0 Å². The summed E-state index contributed by atoms with van der Waals surface area (Å²) < 4.78 is 5.02. The zero-order valence-electron chi connectivity index (χ0n) is 13.9. The number of aromatic nitrogens is 4. The second-order valence-corrected chi connectivity index (χ2v) is 6.09. The SMILES string of the molecule is CCCCn1c(=O)c2nc3n(c2n(CCCC)c1=O)C=CCC3. The molecule has 0 saturated carbocycles. The third-order valence-corrected chi connectivity index (χ3v) is 4.38. The van der Waals surface area contributed by atoms with Crippen LogP contribution in [0.1, 0.15) is 51.8 Å². The molecule has 23 heavy (non-hydrogen) atoms. The maximum Gasteiger partial charge on any atom is 0.332 e. The minimum Gasteiger partial charge on any atom is -0.289 e. The highest BCUT2D eigenvalue weighted by molar-refractivity contribution is 5.74. The number of fused-ring (bicyclic) bond motifs is 3. The summed E-state index contributed by atoms with van der Waals surface area (Å²) in [5, 5.41) is 0. The van der Waals surface area contributed by atoms with Gasteiger partial charge in [-0.15, -0.1) is 0 Å². The Labute approximate surface area is 135 Å². The summed E-state index contributed by atoms with van der Waals surface area (Å²) in [7, 11) is 0. The number of nitrogens with zero attached hydrogens (tertiary/aromatic N) is 4. The van der Waals surface area contributed by atoms with E-state index in [0.717, 1.165) is 44.3 Å². The monoisotopic (exact) mass is 316 g/mol. The summed E-state index contributed by atoms with van der Waals surface area (Å²) in [5.41, 5.74) is 0.637. The van der Waals surface area contributed by atoms with Crippen molar-refractivity contribution < 1.29 is 0 Å². The Morgan fingerprint density at radius 3 is 2.48 bits per heavy atom. The molecule has 6 nitrogen and oxygen atoms in total. The van der Waals surface area contributed by atoms with E-state index in [1.54, 1.807) is 4.57 Å². The molecule has 124 valence electrons. The summed E-state index contributed by atoms with van der Waals surface area (Å²) in [4.78, 5) is 30.2. The van der Waals surface area contributed by atoms with Gasteiger partial charge in [-0.25, -0.2) is 9.78 Å². The van der Waals surface area contributed by atoms with Crippen LogP contribution in [0.25, 0.3) is 17.4 Å².